The minimum atomic E-state index is -0.474. The third kappa shape index (κ3) is 3.29. The highest BCUT2D eigenvalue weighted by Gasteiger charge is 2.32. The van der Waals surface area contributed by atoms with E-state index < -0.39 is 5.60 Å². The van der Waals surface area contributed by atoms with E-state index in [2.05, 4.69) is 15.6 Å². The number of aromatic nitrogens is 2. The predicted octanol–water partition coefficient (Wildman–Crippen LogP) is 3.96. The third-order valence-electron chi connectivity index (χ3n) is 3.97. The fraction of sp³-hybridized carbons (Fsp3) is 0.529. The molecule has 1 aromatic carbocycles. The molecule has 1 aliphatic rings. The number of likely N-dealkylation sites (tertiary alicyclic amines) is 1. The lowest BCUT2D eigenvalue weighted by Crippen LogP contribution is -2.35. The van der Waals surface area contributed by atoms with Gasteiger partial charge in [0.2, 0.25) is 0 Å². The van der Waals surface area contributed by atoms with Crippen molar-refractivity contribution in [1.82, 2.24) is 14.5 Å². The van der Waals surface area contributed by atoms with Gasteiger partial charge in [-0.3, -0.25) is 0 Å². The van der Waals surface area contributed by atoms with Crippen molar-refractivity contribution in [3.05, 3.63) is 30.1 Å². The summed E-state index contributed by atoms with van der Waals surface area (Å²) in [5.41, 5.74) is 1.54. The van der Waals surface area contributed by atoms with Crippen molar-refractivity contribution in [3.8, 4) is 0 Å². The largest absolute Gasteiger partial charge is 0.444 e. The van der Waals surface area contributed by atoms with Gasteiger partial charge < -0.3 is 14.2 Å². The average molecular weight is 336 g/mol. The second kappa shape index (κ2) is 6.04. The van der Waals surface area contributed by atoms with E-state index in [1.807, 2.05) is 39.0 Å². The number of halogens is 1. The maximum absolute atomic E-state index is 12.2. The molecular formula is C17H22ClN3O2. The van der Waals surface area contributed by atoms with Gasteiger partial charge >= 0.3 is 6.09 Å². The van der Waals surface area contributed by atoms with Gasteiger partial charge in [0, 0.05) is 13.1 Å². The molecule has 2 heterocycles. The van der Waals surface area contributed by atoms with Gasteiger partial charge in [0.25, 0.3) is 0 Å². The van der Waals surface area contributed by atoms with Gasteiger partial charge in [0.1, 0.15) is 11.4 Å². The topological polar surface area (TPSA) is 47.4 Å². The standard InChI is InChI=1S/C17H22ClN3O2/c1-17(2,3)23-16(22)20-9-8-12(11-20)21-14-7-5-4-6-13(14)19-15(21)10-18/h4-7,12H,8-11H2,1-3H3/t12-/m1/s1. The van der Waals surface area contributed by atoms with Crippen LogP contribution in [0.2, 0.25) is 0 Å². The Kier molecular flexibility index (Phi) is 4.23. The molecule has 1 amide bonds. The minimum Gasteiger partial charge on any atom is -0.444 e. The van der Waals surface area contributed by atoms with Crippen molar-refractivity contribution in [2.45, 2.75) is 44.7 Å². The molecule has 1 saturated heterocycles. The summed E-state index contributed by atoms with van der Waals surface area (Å²) in [6, 6.07) is 8.19. The van der Waals surface area contributed by atoms with E-state index in [1.165, 1.54) is 0 Å². The smallest absolute Gasteiger partial charge is 0.410 e. The van der Waals surface area contributed by atoms with Gasteiger partial charge in [-0.1, -0.05) is 12.1 Å². The second-order valence-corrected chi connectivity index (χ2v) is 7.16. The highest BCUT2D eigenvalue weighted by molar-refractivity contribution is 6.16. The van der Waals surface area contributed by atoms with Crippen molar-refractivity contribution >= 4 is 28.7 Å². The van der Waals surface area contributed by atoms with Gasteiger partial charge in [-0.05, 0) is 39.3 Å². The summed E-state index contributed by atoms with van der Waals surface area (Å²) in [7, 11) is 0. The Morgan fingerprint density at radius 3 is 2.83 bits per heavy atom. The highest BCUT2D eigenvalue weighted by Crippen LogP contribution is 2.29. The number of imidazole rings is 1. The van der Waals surface area contributed by atoms with Crippen molar-refractivity contribution in [3.63, 3.8) is 0 Å². The molecule has 23 heavy (non-hydrogen) atoms. The number of hydrogen-bond donors (Lipinski definition) is 0. The highest BCUT2D eigenvalue weighted by atomic mass is 35.5. The number of carbonyl (C=O) groups is 1. The summed E-state index contributed by atoms with van der Waals surface area (Å²) in [6.45, 7) is 6.96. The Morgan fingerprint density at radius 1 is 1.39 bits per heavy atom. The Bertz CT molecular complexity index is 720. The molecule has 0 bridgehead atoms. The average Bonchev–Trinajstić information content (AvgIpc) is 3.09. The van der Waals surface area contributed by atoms with E-state index >= 15 is 0 Å². The van der Waals surface area contributed by atoms with E-state index in [0.717, 1.165) is 23.3 Å². The zero-order valence-corrected chi connectivity index (χ0v) is 14.5. The molecule has 1 atom stereocenters. The van der Waals surface area contributed by atoms with E-state index in [1.54, 1.807) is 4.90 Å². The number of alkyl halides is 1. The first-order valence-corrected chi connectivity index (χ1v) is 8.42. The molecular weight excluding hydrogens is 314 g/mol. The SMILES string of the molecule is CC(C)(C)OC(=O)N1CC[C@@H](n2c(CCl)nc3ccccc32)C1. The number of amides is 1. The second-order valence-electron chi connectivity index (χ2n) is 6.89. The summed E-state index contributed by atoms with van der Waals surface area (Å²) in [5.74, 6) is 1.21. The number of nitrogens with zero attached hydrogens (tertiary/aromatic N) is 3. The molecule has 1 aromatic heterocycles. The molecule has 0 radical (unpaired) electrons. The number of ether oxygens (including phenoxy) is 1. The van der Waals surface area contributed by atoms with Gasteiger partial charge in [-0.25, -0.2) is 9.78 Å². The van der Waals surface area contributed by atoms with Crippen LogP contribution in [-0.4, -0.2) is 39.2 Å². The maximum Gasteiger partial charge on any atom is 0.410 e. The van der Waals surface area contributed by atoms with Crippen molar-refractivity contribution in [1.29, 1.82) is 0 Å². The lowest BCUT2D eigenvalue weighted by molar-refractivity contribution is 0.0289. The van der Waals surface area contributed by atoms with E-state index in [4.69, 9.17) is 16.3 Å². The summed E-state index contributed by atoms with van der Waals surface area (Å²) < 4.78 is 7.64. The quantitative estimate of drug-likeness (QED) is 0.780. The number of hydrogen-bond acceptors (Lipinski definition) is 3. The Morgan fingerprint density at radius 2 is 2.13 bits per heavy atom. The van der Waals surface area contributed by atoms with Crippen molar-refractivity contribution in [2.24, 2.45) is 0 Å². The predicted molar refractivity (Wildman–Crippen MR) is 90.8 cm³/mol. The fourth-order valence-corrected chi connectivity index (χ4v) is 3.23. The van der Waals surface area contributed by atoms with Crippen LogP contribution in [0.25, 0.3) is 11.0 Å². The molecule has 3 rings (SSSR count). The maximum atomic E-state index is 12.2. The lowest BCUT2D eigenvalue weighted by atomic mass is 10.2. The Hall–Kier alpha value is -1.75. The van der Waals surface area contributed by atoms with Crippen LogP contribution < -0.4 is 0 Å². The summed E-state index contributed by atoms with van der Waals surface area (Å²) >= 11 is 6.08. The first-order chi connectivity index (χ1) is 10.9. The van der Waals surface area contributed by atoms with Crippen LogP contribution in [0.15, 0.2) is 24.3 Å². The van der Waals surface area contributed by atoms with Crippen LogP contribution >= 0.6 is 11.6 Å². The van der Waals surface area contributed by atoms with Crippen LogP contribution in [0.5, 0.6) is 0 Å². The number of carbonyl (C=O) groups excluding carboxylic acids is 1. The van der Waals surface area contributed by atoms with Gasteiger partial charge in [-0.15, -0.1) is 11.6 Å². The van der Waals surface area contributed by atoms with Crippen LogP contribution in [-0.2, 0) is 10.6 Å². The molecule has 6 heteroatoms. The minimum absolute atomic E-state index is 0.184. The Labute approximate surface area is 141 Å². The molecule has 0 aliphatic carbocycles. The summed E-state index contributed by atoms with van der Waals surface area (Å²) in [5, 5.41) is 0. The molecule has 0 spiro atoms. The van der Waals surface area contributed by atoms with Gasteiger partial charge in [-0.2, -0.15) is 0 Å². The fourth-order valence-electron chi connectivity index (χ4n) is 3.04. The first kappa shape index (κ1) is 16.1. The Balaban J connectivity index is 1.83. The molecule has 2 aromatic rings. The normalized spacial score (nSPS) is 18.6. The van der Waals surface area contributed by atoms with Gasteiger partial charge in [0.05, 0.1) is 23.0 Å². The number of fused-ring (bicyclic) bond motifs is 1. The van der Waals surface area contributed by atoms with Crippen LogP contribution in [0, 0.1) is 0 Å². The van der Waals surface area contributed by atoms with Crippen molar-refractivity contribution in [2.75, 3.05) is 13.1 Å². The zero-order valence-electron chi connectivity index (χ0n) is 13.8. The molecule has 124 valence electrons. The molecule has 1 aliphatic heterocycles. The molecule has 5 nitrogen and oxygen atoms in total. The number of para-hydroxylation sites is 2. The third-order valence-corrected chi connectivity index (χ3v) is 4.21. The van der Waals surface area contributed by atoms with Crippen LogP contribution in [0.3, 0.4) is 0 Å². The number of rotatable bonds is 2. The molecule has 0 unspecified atom stereocenters. The van der Waals surface area contributed by atoms with E-state index in [0.29, 0.717) is 19.0 Å². The van der Waals surface area contributed by atoms with E-state index in [9.17, 15) is 4.79 Å². The summed E-state index contributed by atoms with van der Waals surface area (Å²) in [6.07, 6.45) is 0.626. The van der Waals surface area contributed by atoms with Gasteiger partial charge in [0.15, 0.2) is 0 Å². The van der Waals surface area contributed by atoms with Crippen LogP contribution in [0.4, 0.5) is 4.79 Å². The molecule has 0 saturated carbocycles. The molecule has 1 fully saturated rings. The van der Waals surface area contributed by atoms with E-state index in [-0.39, 0.29) is 12.1 Å². The monoisotopic (exact) mass is 335 g/mol. The first-order valence-electron chi connectivity index (χ1n) is 7.89. The number of benzene rings is 1. The van der Waals surface area contributed by atoms with Crippen LogP contribution in [0.1, 0.15) is 39.1 Å². The summed E-state index contributed by atoms with van der Waals surface area (Å²) in [4.78, 5) is 18.6. The molecule has 0 N–H and O–H groups in total. The zero-order chi connectivity index (χ0) is 16.6. The van der Waals surface area contributed by atoms with Crippen molar-refractivity contribution < 1.29 is 9.53 Å². The lowest BCUT2D eigenvalue weighted by Gasteiger charge is -2.24.